The van der Waals surface area contributed by atoms with Crippen LogP contribution in [-0.4, -0.2) is 63.5 Å². The third-order valence-electron chi connectivity index (χ3n) is 6.07. The zero-order chi connectivity index (χ0) is 21.5. The molecular weight excluding hydrogens is 408 g/mol. The Bertz CT molecular complexity index is 1230. The van der Waals surface area contributed by atoms with Crippen molar-refractivity contribution in [1.82, 2.24) is 44.3 Å². The van der Waals surface area contributed by atoms with Crippen molar-refractivity contribution in [3.05, 3.63) is 49.3 Å². The molecular formula is C21H22N10O. The van der Waals surface area contributed by atoms with E-state index in [9.17, 15) is 0 Å². The van der Waals surface area contributed by atoms with E-state index in [4.69, 9.17) is 9.72 Å². The van der Waals surface area contributed by atoms with Gasteiger partial charge in [-0.1, -0.05) is 6.92 Å². The first kappa shape index (κ1) is 19.0. The third kappa shape index (κ3) is 2.96. The first-order valence-corrected chi connectivity index (χ1v) is 10.8. The van der Waals surface area contributed by atoms with Gasteiger partial charge >= 0.3 is 0 Å². The van der Waals surface area contributed by atoms with Crippen molar-refractivity contribution in [3.8, 4) is 23.2 Å². The van der Waals surface area contributed by atoms with E-state index in [2.05, 4.69) is 42.0 Å². The minimum Gasteiger partial charge on any atom is -0.381 e. The van der Waals surface area contributed by atoms with Gasteiger partial charge in [0.25, 0.3) is 0 Å². The molecule has 2 aliphatic heterocycles. The zero-order valence-corrected chi connectivity index (χ0v) is 17.6. The van der Waals surface area contributed by atoms with Crippen molar-refractivity contribution in [1.29, 1.82) is 0 Å². The van der Waals surface area contributed by atoms with Crippen molar-refractivity contribution >= 4 is 5.82 Å². The fourth-order valence-electron chi connectivity index (χ4n) is 4.60. The summed E-state index contributed by atoms with van der Waals surface area (Å²) in [6.07, 6.45) is 14.9. The summed E-state index contributed by atoms with van der Waals surface area (Å²) in [6, 6.07) is 0.390. The molecule has 1 atom stereocenters. The van der Waals surface area contributed by atoms with Gasteiger partial charge in [-0.15, -0.1) is 10.2 Å². The molecule has 6 rings (SSSR count). The molecule has 2 aliphatic rings. The summed E-state index contributed by atoms with van der Waals surface area (Å²) in [5.74, 6) is 2.97. The summed E-state index contributed by atoms with van der Waals surface area (Å²) >= 11 is 0. The number of ether oxygens (including phenoxy) is 1. The number of rotatable bonds is 4. The van der Waals surface area contributed by atoms with E-state index in [1.165, 1.54) is 0 Å². The minimum atomic E-state index is 0.0816. The van der Waals surface area contributed by atoms with Gasteiger partial charge in [0, 0.05) is 44.0 Å². The molecule has 0 aliphatic carbocycles. The molecule has 11 nitrogen and oxygen atoms in total. The Kier molecular flexibility index (Phi) is 4.60. The predicted octanol–water partition coefficient (Wildman–Crippen LogP) is 2.15. The maximum absolute atomic E-state index is 5.63. The van der Waals surface area contributed by atoms with Crippen LogP contribution in [0.25, 0.3) is 23.2 Å². The molecule has 6 heterocycles. The third-order valence-corrected chi connectivity index (χ3v) is 6.07. The molecule has 11 heteroatoms. The Morgan fingerprint density at radius 2 is 1.94 bits per heavy atom. The Labute approximate surface area is 184 Å². The number of fused-ring (bicyclic) bond motifs is 3. The van der Waals surface area contributed by atoms with Crippen molar-refractivity contribution in [3.63, 3.8) is 0 Å². The molecule has 0 radical (unpaired) electrons. The molecule has 4 aromatic rings. The SMILES string of the molecule is CCC1c2nncn2-c2cnc(-n3ccnc3-c3cnccn3)nc2N1C1CCOCC1. The number of anilines is 1. The molecule has 162 valence electrons. The van der Waals surface area contributed by atoms with Crippen molar-refractivity contribution in [2.24, 2.45) is 0 Å². The smallest absolute Gasteiger partial charge is 0.237 e. The van der Waals surface area contributed by atoms with Crippen molar-refractivity contribution in [2.75, 3.05) is 18.1 Å². The number of hydrogen-bond donors (Lipinski definition) is 0. The summed E-state index contributed by atoms with van der Waals surface area (Å²) in [6.45, 7) is 3.66. The highest BCUT2D eigenvalue weighted by atomic mass is 16.5. The summed E-state index contributed by atoms with van der Waals surface area (Å²) in [5, 5.41) is 8.62. The van der Waals surface area contributed by atoms with Crippen molar-refractivity contribution < 1.29 is 4.74 Å². The van der Waals surface area contributed by atoms with Crippen LogP contribution >= 0.6 is 0 Å². The summed E-state index contributed by atoms with van der Waals surface area (Å²) in [7, 11) is 0. The fourth-order valence-corrected chi connectivity index (χ4v) is 4.60. The topological polar surface area (TPSA) is 113 Å². The minimum absolute atomic E-state index is 0.0816. The molecule has 32 heavy (non-hydrogen) atoms. The largest absolute Gasteiger partial charge is 0.381 e. The lowest BCUT2D eigenvalue weighted by molar-refractivity contribution is 0.0817. The van der Waals surface area contributed by atoms with Crippen LogP contribution in [0.4, 0.5) is 5.82 Å². The lowest BCUT2D eigenvalue weighted by Crippen LogP contribution is -2.45. The van der Waals surface area contributed by atoms with E-state index in [1.54, 1.807) is 31.1 Å². The molecule has 4 aromatic heterocycles. The molecule has 1 saturated heterocycles. The molecule has 0 saturated carbocycles. The lowest BCUT2D eigenvalue weighted by atomic mass is 10.0. The van der Waals surface area contributed by atoms with Gasteiger partial charge < -0.3 is 9.64 Å². The van der Waals surface area contributed by atoms with Crippen LogP contribution in [0.1, 0.15) is 38.1 Å². The van der Waals surface area contributed by atoms with Gasteiger partial charge in [-0.3, -0.25) is 14.1 Å². The second-order valence-corrected chi connectivity index (χ2v) is 7.82. The Morgan fingerprint density at radius 1 is 1.03 bits per heavy atom. The Hall–Kier alpha value is -3.73. The van der Waals surface area contributed by atoms with E-state index in [0.29, 0.717) is 23.5 Å². The highest BCUT2D eigenvalue weighted by molar-refractivity contribution is 5.63. The fraction of sp³-hybridized carbons (Fsp3) is 0.381. The van der Waals surface area contributed by atoms with Crippen LogP contribution in [0, 0.1) is 0 Å². The molecule has 0 spiro atoms. The van der Waals surface area contributed by atoms with E-state index in [0.717, 1.165) is 49.8 Å². The first-order chi connectivity index (χ1) is 15.8. The van der Waals surface area contributed by atoms with Crippen LogP contribution < -0.4 is 4.90 Å². The molecule has 1 unspecified atom stereocenters. The van der Waals surface area contributed by atoms with E-state index in [-0.39, 0.29) is 6.04 Å². The van der Waals surface area contributed by atoms with Crippen LogP contribution in [-0.2, 0) is 4.74 Å². The quantitative estimate of drug-likeness (QED) is 0.480. The zero-order valence-electron chi connectivity index (χ0n) is 17.6. The van der Waals surface area contributed by atoms with Gasteiger partial charge in [-0.2, -0.15) is 4.98 Å². The Balaban J connectivity index is 1.50. The van der Waals surface area contributed by atoms with Gasteiger partial charge in [-0.05, 0) is 19.3 Å². The molecule has 1 fully saturated rings. The summed E-state index contributed by atoms with van der Waals surface area (Å²) in [5.41, 5.74) is 1.54. The lowest BCUT2D eigenvalue weighted by Gasteiger charge is -2.43. The van der Waals surface area contributed by atoms with Gasteiger partial charge in [0.1, 0.15) is 17.7 Å². The predicted molar refractivity (Wildman–Crippen MR) is 114 cm³/mol. The first-order valence-electron chi connectivity index (χ1n) is 10.8. The van der Waals surface area contributed by atoms with Gasteiger partial charge in [0.15, 0.2) is 17.5 Å². The van der Waals surface area contributed by atoms with Gasteiger partial charge in [0.2, 0.25) is 5.95 Å². The van der Waals surface area contributed by atoms with E-state index >= 15 is 0 Å². The molecule has 0 N–H and O–H groups in total. The highest BCUT2D eigenvalue weighted by Crippen LogP contribution is 2.41. The van der Waals surface area contributed by atoms with Crippen molar-refractivity contribution in [2.45, 2.75) is 38.3 Å². The monoisotopic (exact) mass is 430 g/mol. The second kappa shape index (κ2) is 7.75. The average Bonchev–Trinajstić information content (AvgIpc) is 3.54. The highest BCUT2D eigenvalue weighted by Gasteiger charge is 2.38. The molecule has 0 aromatic carbocycles. The Morgan fingerprint density at radius 3 is 2.75 bits per heavy atom. The summed E-state index contributed by atoms with van der Waals surface area (Å²) < 4.78 is 9.47. The van der Waals surface area contributed by atoms with Crippen LogP contribution in [0.3, 0.4) is 0 Å². The van der Waals surface area contributed by atoms with E-state index < -0.39 is 0 Å². The molecule has 0 bridgehead atoms. The number of imidazole rings is 1. The van der Waals surface area contributed by atoms with Gasteiger partial charge in [0.05, 0.1) is 18.4 Å². The van der Waals surface area contributed by atoms with Crippen LogP contribution in [0.2, 0.25) is 0 Å². The number of hydrogen-bond acceptors (Lipinski definition) is 9. The normalized spacial score (nSPS) is 18.4. The van der Waals surface area contributed by atoms with E-state index in [1.807, 2.05) is 21.5 Å². The summed E-state index contributed by atoms with van der Waals surface area (Å²) in [4.78, 5) is 25.1. The number of aromatic nitrogens is 9. The standard InChI is InChI=1S/C21H22N10O/c1-2-16-20-28-26-13-30(20)17-12-25-21(27-19(17)31(16)14-3-9-32-10-4-14)29-8-7-24-18(29)15-11-22-5-6-23-15/h5-8,11-14,16H,2-4,9-10H2,1H3. The number of nitrogens with zero attached hydrogens (tertiary/aromatic N) is 10. The molecule has 0 amide bonds. The average molecular weight is 430 g/mol. The maximum Gasteiger partial charge on any atom is 0.237 e. The van der Waals surface area contributed by atoms with Crippen LogP contribution in [0.5, 0.6) is 0 Å². The second-order valence-electron chi connectivity index (χ2n) is 7.82. The van der Waals surface area contributed by atoms with Crippen LogP contribution in [0.15, 0.2) is 43.5 Å². The maximum atomic E-state index is 5.63. The van der Waals surface area contributed by atoms with Gasteiger partial charge in [-0.25, -0.2) is 15.0 Å².